The van der Waals surface area contributed by atoms with Gasteiger partial charge in [0.15, 0.2) is 0 Å². The van der Waals surface area contributed by atoms with E-state index in [0.717, 1.165) is 31.3 Å². The van der Waals surface area contributed by atoms with Crippen LogP contribution in [0.4, 0.5) is 0 Å². The fraction of sp³-hybridized carbons (Fsp3) is 0.727. The lowest BCUT2D eigenvalue weighted by Crippen LogP contribution is -2.03. The van der Waals surface area contributed by atoms with E-state index in [1.165, 1.54) is 0 Å². The van der Waals surface area contributed by atoms with E-state index in [1.807, 2.05) is 0 Å². The Labute approximate surface area is 81.0 Å². The third kappa shape index (κ3) is 6.38. The zero-order valence-corrected chi connectivity index (χ0v) is 8.93. The van der Waals surface area contributed by atoms with Crippen LogP contribution in [0.2, 0.25) is 0 Å². The Kier molecular flexibility index (Phi) is 7.36. The summed E-state index contributed by atoms with van der Waals surface area (Å²) in [5, 5.41) is 0. The quantitative estimate of drug-likeness (QED) is 0.360. The van der Waals surface area contributed by atoms with E-state index in [9.17, 15) is 4.79 Å². The molecule has 0 radical (unpaired) electrons. The van der Waals surface area contributed by atoms with Crippen molar-refractivity contribution in [1.29, 1.82) is 0 Å². The van der Waals surface area contributed by atoms with Crippen molar-refractivity contribution in [2.45, 2.75) is 46.5 Å². The summed E-state index contributed by atoms with van der Waals surface area (Å²) in [7, 11) is 0. The molecule has 2 nitrogen and oxygen atoms in total. The van der Waals surface area contributed by atoms with Gasteiger partial charge in [0.1, 0.15) is 0 Å². The van der Waals surface area contributed by atoms with Crippen LogP contribution < -0.4 is 0 Å². The van der Waals surface area contributed by atoms with Gasteiger partial charge in [-0.15, -0.1) is 0 Å². The number of hydrogen-bond donors (Lipinski definition) is 0. The number of carbonyl (C=O) groups is 1. The zero-order chi connectivity index (χ0) is 10.1. The molecule has 0 spiro atoms. The summed E-state index contributed by atoms with van der Waals surface area (Å²) in [6.45, 7) is 6.73. The van der Waals surface area contributed by atoms with Gasteiger partial charge in [-0.05, 0) is 19.3 Å². The van der Waals surface area contributed by atoms with Crippen molar-refractivity contribution < 1.29 is 9.53 Å². The van der Waals surface area contributed by atoms with Crippen LogP contribution in [0.25, 0.3) is 0 Å². The molecule has 0 saturated carbocycles. The fourth-order valence-electron chi connectivity index (χ4n) is 0.980. The summed E-state index contributed by atoms with van der Waals surface area (Å²) in [6, 6.07) is 0. The average molecular weight is 184 g/mol. The monoisotopic (exact) mass is 184 g/mol. The largest absolute Gasteiger partial charge is 0.463 e. The topological polar surface area (TPSA) is 26.3 Å². The molecule has 0 saturated heterocycles. The third-order valence-electron chi connectivity index (χ3n) is 1.97. The van der Waals surface area contributed by atoms with Crippen molar-refractivity contribution in [1.82, 2.24) is 0 Å². The van der Waals surface area contributed by atoms with Crippen LogP contribution >= 0.6 is 0 Å². The van der Waals surface area contributed by atoms with Gasteiger partial charge in [0.25, 0.3) is 0 Å². The van der Waals surface area contributed by atoms with Gasteiger partial charge in [0, 0.05) is 6.08 Å². The Morgan fingerprint density at radius 3 is 2.31 bits per heavy atom. The number of rotatable bonds is 6. The van der Waals surface area contributed by atoms with E-state index in [0.29, 0.717) is 6.61 Å². The highest BCUT2D eigenvalue weighted by Gasteiger charge is 1.99. The number of carbonyl (C=O) groups excluding carboxylic acids is 1. The molecule has 0 rings (SSSR count). The minimum absolute atomic E-state index is 0.188. The van der Waals surface area contributed by atoms with Crippen molar-refractivity contribution in [3.05, 3.63) is 11.6 Å². The Hall–Kier alpha value is -0.790. The highest BCUT2D eigenvalue weighted by molar-refractivity contribution is 5.82. The summed E-state index contributed by atoms with van der Waals surface area (Å²) in [4.78, 5) is 11.1. The van der Waals surface area contributed by atoms with Crippen LogP contribution in [0, 0.1) is 0 Å². The number of ether oxygens (including phenoxy) is 1. The second kappa shape index (κ2) is 7.84. The predicted octanol–water partition coefficient (Wildman–Crippen LogP) is 3.08. The molecule has 0 aromatic heterocycles. The van der Waals surface area contributed by atoms with Crippen molar-refractivity contribution in [2.24, 2.45) is 0 Å². The lowest BCUT2D eigenvalue weighted by Gasteiger charge is -2.02. The fourth-order valence-corrected chi connectivity index (χ4v) is 0.980. The van der Waals surface area contributed by atoms with Gasteiger partial charge in [-0.3, -0.25) is 0 Å². The Bertz CT molecular complexity index is 165. The summed E-state index contributed by atoms with van der Waals surface area (Å²) < 4.78 is 5.00. The highest BCUT2D eigenvalue weighted by atomic mass is 16.5. The Balaban J connectivity index is 3.76. The predicted molar refractivity (Wildman–Crippen MR) is 54.5 cm³/mol. The molecule has 0 aromatic rings. The van der Waals surface area contributed by atoms with Gasteiger partial charge in [-0.2, -0.15) is 0 Å². The van der Waals surface area contributed by atoms with E-state index in [-0.39, 0.29) is 5.97 Å². The van der Waals surface area contributed by atoms with Crippen molar-refractivity contribution in [2.75, 3.05) is 6.61 Å². The lowest BCUT2D eigenvalue weighted by atomic mass is 10.1. The Morgan fingerprint density at radius 1 is 1.23 bits per heavy atom. The molecule has 0 amide bonds. The second-order valence-electron chi connectivity index (χ2n) is 3.03. The summed E-state index contributed by atoms with van der Waals surface area (Å²) in [6.07, 6.45) is 5.49. The number of hydrogen-bond acceptors (Lipinski definition) is 2. The maximum absolute atomic E-state index is 11.1. The molecular formula is C11H20O2. The SMILES string of the molecule is CCCCOC(=O)C=C(CC)CC. The van der Waals surface area contributed by atoms with Gasteiger partial charge in [-0.25, -0.2) is 4.79 Å². The van der Waals surface area contributed by atoms with E-state index < -0.39 is 0 Å². The van der Waals surface area contributed by atoms with Gasteiger partial charge >= 0.3 is 5.97 Å². The van der Waals surface area contributed by atoms with Crippen LogP contribution in [0.1, 0.15) is 46.5 Å². The van der Waals surface area contributed by atoms with Gasteiger partial charge in [0.05, 0.1) is 6.61 Å². The smallest absolute Gasteiger partial charge is 0.330 e. The molecule has 0 aliphatic carbocycles. The summed E-state index contributed by atoms with van der Waals surface area (Å²) >= 11 is 0. The number of unbranched alkanes of at least 4 members (excludes halogenated alkanes) is 1. The molecule has 0 heterocycles. The van der Waals surface area contributed by atoms with Crippen LogP contribution in [0.3, 0.4) is 0 Å². The van der Waals surface area contributed by atoms with Crippen molar-refractivity contribution in [3.8, 4) is 0 Å². The maximum Gasteiger partial charge on any atom is 0.330 e. The van der Waals surface area contributed by atoms with Gasteiger partial charge in [0.2, 0.25) is 0 Å². The molecule has 13 heavy (non-hydrogen) atoms. The lowest BCUT2D eigenvalue weighted by molar-refractivity contribution is -0.137. The Morgan fingerprint density at radius 2 is 1.85 bits per heavy atom. The summed E-state index contributed by atoms with van der Waals surface area (Å²) in [5.41, 5.74) is 1.15. The first-order valence-corrected chi connectivity index (χ1v) is 5.10. The molecule has 2 heteroatoms. The minimum atomic E-state index is -0.188. The molecule has 0 aliphatic rings. The van der Waals surface area contributed by atoms with Gasteiger partial charge < -0.3 is 4.74 Å². The molecule has 76 valence electrons. The first-order chi connectivity index (χ1) is 6.24. The average Bonchev–Trinajstić information content (AvgIpc) is 2.14. The third-order valence-corrected chi connectivity index (χ3v) is 1.97. The van der Waals surface area contributed by atoms with E-state index >= 15 is 0 Å². The second-order valence-corrected chi connectivity index (χ2v) is 3.03. The van der Waals surface area contributed by atoms with Crippen LogP contribution in [0.5, 0.6) is 0 Å². The van der Waals surface area contributed by atoms with Gasteiger partial charge in [-0.1, -0.05) is 32.8 Å². The first kappa shape index (κ1) is 12.2. The maximum atomic E-state index is 11.1. The molecule has 0 fully saturated rings. The molecular weight excluding hydrogens is 164 g/mol. The molecule has 0 N–H and O–H groups in total. The zero-order valence-electron chi connectivity index (χ0n) is 8.93. The number of allylic oxidation sites excluding steroid dienone is 1. The number of esters is 1. The van der Waals surface area contributed by atoms with E-state index in [2.05, 4.69) is 20.8 Å². The van der Waals surface area contributed by atoms with Crippen LogP contribution in [-0.4, -0.2) is 12.6 Å². The minimum Gasteiger partial charge on any atom is -0.463 e. The summed E-state index contributed by atoms with van der Waals surface area (Å²) in [5.74, 6) is -0.188. The highest BCUT2D eigenvalue weighted by Crippen LogP contribution is 2.05. The molecule has 0 atom stereocenters. The normalized spacial score (nSPS) is 9.46. The first-order valence-electron chi connectivity index (χ1n) is 5.10. The molecule has 0 bridgehead atoms. The molecule has 0 aliphatic heterocycles. The van der Waals surface area contributed by atoms with Crippen LogP contribution in [0.15, 0.2) is 11.6 Å². The molecule has 0 aromatic carbocycles. The van der Waals surface area contributed by atoms with E-state index in [4.69, 9.17) is 4.74 Å². The standard InChI is InChI=1S/C11H20O2/c1-4-7-8-13-11(12)9-10(5-2)6-3/h9H,4-8H2,1-3H3. The van der Waals surface area contributed by atoms with Crippen LogP contribution in [-0.2, 0) is 9.53 Å². The van der Waals surface area contributed by atoms with Crippen molar-refractivity contribution >= 4 is 5.97 Å². The van der Waals surface area contributed by atoms with E-state index in [1.54, 1.807) is 6.08 Å². The molecule has 0 unspecified atom stereocenters. The van der Waals surface area contributed by atoms with Crippen molar-refractivity contribution in [3.63, 3.8) is 0 Å².